The number of thioether (sulfide) groups is 1. The summed E-state index contributed by atoms with van der Waals surface area (Å²) in [5, 5.41) is 3.57. The van der Waals surface area contributed by atoms with Gasteiger partial charge in [0, 0.05) is 29.0 Å². The summed E-state index contributed by atoms with van der Waals surface area (Å²) >= 11 is 5.24. The van der Waals surface area contributed by atoms with E-state index in [2.05, 4.69) is 41.3 Å². The van der Waals surface area contributed by atoms with Gasteiger partial charge >= 0.3 is 0 Å². The zero-order chi connectivity index (χ0) is 13.5. The zero-order valence-corrected chi connectivity index (χ0v) is 13.6. The van der Waals surface area contributed by atoms with E-state index in [-0.39, 0.29) is 5.91 Å². The zero-order valence-electron chi connectivity index (χ0n) is 11.2. The summed E-state index contributed by atoms with van der Waals surface area (Å²) in [6.07, 6.45) is 6.08. The van der Waals surface area contributed by atoms with E-state index in [1.165, 1.54) is 0 Å². The van der Waals surface area contributed by atoms with Crippen molar-refractivity contribution < 1.29 is 4.79 Å². The molecular weight excluding hydrogens is 312 g/mol. The van der Waals surface area contributed by atoms with Crippen molar-refractivity contribution in [3.63, 3.8) is 0 Å². The highest BCUT2D eigenvalue weighted by Gasteiger charge is 2.12. The average Bonchev–Trinajstić information content (AvgIpc) is 2.70. The van der Waals surface area contributed by atoms with E-state index in [0.29, 0.717) is 5.25 Å². The van der Waals surface area contributed by atoms with Gasteiger partial charge in [0.25, 0.3) is 5.91 Å². The Morgan fingerprint density at radius 2 is 2.33 bits per heavy atom. The van der Waals surface area contributed by atoms with Crippen LogP contribution in [0.15, 0.2) is 16.7 Å². The van der Waals surface area contributed by atoms with Gasteiger partial charge in [0.15, 0.2) is 0 Å². The third kappa shape index (κ3) is 4.69. The minimum atomic E-state index is 0.0162. The molecule has 0 aliphatic rings. The third-order valence-electron chi connectivity index (χ3n) is 2.80. The Morgan fingerprint density at radius 3 is 2.94 bits per heavy atom. The molecule has 0 bridgehead atoms. The van der Waals surface area contributed by atoms with Crippen molar-refractivity contribution >= 4 is 33.6 Å². The first-order chi connectivity index (χ1) is 8.58. The van der Waals surface area contributed by atoms with Crippen molar-refractivity contribution in [3.8, 4) is 0 Å². The van der Waals surface area contributed by atoms with Crippen LogP contribution in [-0.2, 0) is 6.54 Å². The van der Waals surface area contributed by atoms with E-state index >= 15 is 0 Å². The first kappa shape index (κ1) is 15.6. The molecule has 0 saturated heterocycles. The Kier molecular flexibility index (Phi) is 6.86. The van der Waals surface area contributed by atoms with Gasteiger partial charge < -0.3 is 9.88 Å². The molecule has 1 unspecified atom stereocenters. The van der Waals surface area contributed by atoms with Gasteiger partial charge in [-0.25, -0.2) is 0 Å². The summed E-state index contributed by atoms with van der Waals surface area (Å²) in [6, 6.07) is 1.88. The molecule has 1 aromatic heterocycles. The number of amides is 1. The molecule has 0 radical (unpaired) electrons. The van der Waals surface area contributed by atoms with Gasteiger partial charge in [-0.15, -0.1) is 0 Å². The molecule has 1 rings (SSSR count). The Hall–Kier alpha value is -0.420. The lowest BCUT2D eigenvalue weighted by Crippen LogP contribution is -2.28. The molecule has 0 aliphatic heterocycles. The van der Waals surface area contributed by atoms with Gasteiger partial charge in [-0.05, 0) is 41.1 Å². The van der Waals surface area contributed by atoms with Crippen LogP contribution in [0.1, 0.15) is 37.2 Å². The summed E-state index contributed by atoms with van der Waals surface area (Å²) in [6.45, 7) is 5.88. The van der Waals surface area contributed by atoms with Crippen LogP contribution in [0.25, 0.3) is 0 Å². The molecule has 1 atom stereocenters. The van der Waals surface area contributed by atoms with Crippen molar-refractivity contribution in [2.24, 2.45) is 0 Å². The fourth-order valence-electron chi connectivity index (χ4n) is 1.69. The van der Waals surface area contributed by atoms with Gasteiger partial charge in [0.1, 0.15) is 5.69 Å². The number of aryl methyl sites for hydroxylation is 1. The van der Waals surface area contributed by atoms with Gasteiger partial charge in [-0.3, -0.25) is 4.79 Å². The highest BCUT2D eigenvalue weighted by molar-refractivity contribution is 9.10. The maximum atomic E-state index is 12.1. The number of carbonyl (C=O) groups is 1. The van der Waals surface area contributed by atoms with Crippen LogP contribution < -0.4 is 5.32 Å². The quantitative estimate of drug-likeness (QED) is 0.828. The van der Waals surface area contributed by atoms with Gasteiger partial charge in [-0.2, -0.15) is 11.8 Å². The van der Waals surface area contributed by atoms with Crippen LogP contribution >= 0.6 is 27.7 Å². The fourth-order valence-corrected chi connectivity index (χ4v) is 2.51. The predicted molar refractivity (Wildman–Crippen MR) is 82.4 cm³/mol. The van der Waals surface area contributed by atoms with Gasteiger partial charge in [-0.1, -0.05) is 13.8 Å². The van der Waals surface area contributed by atoms with Crippen molar-refractivity contribution in [1.82, 2.24) is 9.88 Å². The second-order valence-corrected chi connectivity index (χ2v) is 6.52. The van der Waals surface area contributed by atoms with E-state index in [1.807, 2.05) is 28.6 Å². The molecule has 5 heteroatoms. The lowest BCUT2D eigenvalue weighted by molar-refractivity contribution is 0.0944. The Morgan fingerprint density at radius 1 is 1.61 bits per heavy atom. The SMILES string of the molecule is CCCn1cc(Br)cc1C(=O)NCCC(C)SC. The molecule has 0 aromatic carbocycles. The fraction of sp³-hybridized carbons (Fsp3) is 0.615. The molecule has 3 nitrogen and oxygen atoms in total. The molecule has 18 heavy (non-hydrogen) atoms. The monoisotopic (exact) mass is 332 g/mol. The normalized spacial score (nSPS) is 12.4. The Balaban J connectivity index is 2.55. The van der Waals surface area contributed by atoms with Crippen molar-refractivity contribution in [2.45, 2.75) is 38.5 Å². The number of nitrogens with zero attached hydrogens (tertiary/aromatic N) is 1. The number of carbonyl (C=O) groups excluding carboxylic acids is 1. The molecule has 0 fully saturated rings. The lowest BCUT2D eigenvalue weighted by Gasteiger charge is -2.10. The smallest absolute Gasteiger partial charge is 0.267 e. The van der Waals surface area contributed by atoms with E-state index in [0.717, 1.165) is 36.1 Å². The Labute approximate surface area is 122 Å². The first-order valence-electron chi connectivity index (χ1n) is 6.25. The summed E-state index contributed by atoms with van der Waals surface area (Å²) in [7, 11) is 0. The maximum absolute atomic E-state index is 12.1. The van der Waals surface area contributed by atoms with E-state index < -0.39 is 0 Å². The maximum Gasteiger partial charge on any atom is 0.267 e. The standard InChI is InChI=1S/C13H21BrN2OS/c1-4-7-16-9-11(14)8-12(16)13(17)15-6-5-10(2)18-3/h8-10H,4-7H2,1-3H3,(H,15,17). The van der Waals surface area contributed by atoms with E-state index in [9.17, 15) is 4.79 Å². The third-order valence-corrected chi connectivity index (χ3v) is 4.27. The summed E-state index contributed by atoms with van der Waals surface area (Å²) < 4.78 is 2.95. The van der Waals surface area contributed by atoms with Crippen LogP contribution in [0.4, 0.5) is 0 Å². The molecule has 0 aliphatic carbocycles. The van der Waals surface area contributed by atoms with Crippen LogP contribution in [0.3, 0.4) is 0 Å². The molecule has 1 aromatic rings. The molecule has 0 spiro atoms. The van der Waals surface area contributed by atoms with Crippen molar-refractivity contribution in [1.29, 1.82) is 0 Å². The minimum absolute atomic E-state index is 0.0162. The molecule has 102 valence electrons. The van der Waals surface area contributed by atoms with Crippen LogP contribution in [-0.4, -0.2) is 28.5 Å². The second-order valence-electron chi connectivity index (χ2n) is 4.33. The molecule has 1 amide bonds. The number of aromatic nitrogens is 1. The van der Waals surface area contributed by atoms with Gasteiger partial charge in [0.05, 0.1) is 0 Å². The topological polar surface area (TPSA) is 34.0 Å². The first-order valence-corrected chi connectivity index (χ1v) is 8.33. The molecular formula is C13H21BrN2OS. The molecule has 1 heterocycles. The molecule has 0 saturated carbocycles. The lowest BCUT2D eigenvalue weighted by atomic mass is 10.3. The number of rotatable bonds is 7. The van der Waals surface area contributed by atoms with Crippen molar-refractivity contribution in [2.75, 3.05) is 12.8 Å². The number of nitrogens with one attached hydrogen (secondary N) is 1. The van der Waals surface area contributed by atoms with E-state index in [4.69, 9.17) is 0 Å². The van der Waals surface area contributed by atoms with Crippen LogP contribution in [0, 0.1) is 0 Å². The van der Waals surface area contributed by atoms with E-state index in [1.54, 1.807) is 0 Å². The Bertz CT molecular complexity index is 392. The predicted octanol–water partition coefficient (Wildman–Crippen LogP) is 3.53. The molecule has 1 N–H and O–H groups in total. The minimum Gasteiger partial charge on any atom is -0.351 e. The number of halogens is 1. The van der Waals surface area contributed by atoms with Crippen LogP contribution in [0.2, 0.25) is 0 Å². The average molecular weight is 333 g/mol. The van der Waals surface area contributed by atoms with Crippen molar-refractivity contribution in [3.05, 3.63) is 22.4 Å². The highest BCUT2D eigenvalue weighted by Crippen LogP contribution is 2.15. The highest BCUT2D eigenvalue weighted by atomic mass is 79.9. The van der Waals surface area contributed by atoms with Crippen LogP contribution in [0.5, 0.6) is 0 Å². The van der Waals surface area contributed by atoms with Gasteiger partial charge in [0.2, 0.25) is 0 Å². The summed E-state index contributed by atoms with van der Waals surface area (Å²) in [5.74, 6) is 0.0162. The summed E-state index contributed by atoms with van der Waals surface area (Å²) in [4.78, 5) is 12.1. The number of hydrogen-bond donors (Lipinski definition) is 1. The summed E-state index contributed by atoms with van der Waals surface area (Å²) in [5.41, 5.74) is 0.737. The number of hydrogen-bond acceptors (Lipinski definition) is 2. The second kappa shape index (κ2) is 7.89. The largest absolute Gasteiger partial charge is 0.351 e.